The van der Waals surface area contributed by atoms with Crippen molar-refractivity contribution in [2.75, 3.05) is 6.54 Å². The van der Waals surface area contributed by atoms with Gasteiger partial charge in [0.25, 0.3) is 0 Å². The molecule has 3 nitrogen and oxygen atoms in total. The summed E-state index contributed by atoms with van der Waals surface area (Å²) in [5.74, 6) is 0. The highest BCUT2D eigenvalue weighted by Crippen LogP contribution is 2.02. The first-order chi connectivity index (χ1) is 7.72. The van der Waals surface area contributed by atoms with Crippen LogP contribution in [0.5, 0.6) is 0 Å². The monoisotopic (exact) mass is 222 g/mol. The van der Waals surface area contributed by atoms with Crippen molar-refractivity contribution in [1.29, 1.82) is 0 Å². The molecule has 0 fully saturated rings. The van der Waals surface area contributed by atoms with E-state index in [2.05, 4.69) is 23.7 Å². The second-order valence-corrected chi connectivity index (χ2v) is 4.23. The number of pyridine rings is 1. The summed E-state index contributed by atoms with van der Waals surface area (Å²) >= 11 is 0. The van der Waals surface area contributed by atoms with Gasteiger partial charge in [-0.25, -0.2) is 0 Å². The summed E-state index contributed by atoms with van der Waals surface area (Å²) in [7, 11) is 0. The second kappa shape index (κ2) is 7.23. The van der Waals surface area contributed by atoms with Crippen LogP contribution in [0.2, 0.25) is 0 Å². The molecule has 0 aliphatic heterocycles. The molecular weight excluding hydrogens is 200 g/mol. The molecule has 1 rings (SSSR count). The van der Waals surface area contributed by atoms with E-state index in [1.54, 1.807) is 12.1 Å². The minimum atomic E-state index is 0.0806. The van der Waals surface area contributed by atoms with E-state index in [-0.39, 0.29) is 5.43 Å². The molecule has 1 aromatic heterocycles. The van der Waals surface area contributed by atoms with Crippen molar-refractivity contribution in [2.24, 2.45) is 0 Å². The fourth-order valence-corrected chi connectivity index (χ4v) is 1.79. The highest BCUT2D eigenvalue weighted by Gasteiger charge is 1.98. The van der Waals surface area contributed by atoms with Crippen LogP contribution in [0.15, 0.2) is 29.3 Å². The van der Waals surface area contributed by atoms with Gasteiger partial charge in [-0.3, -0.25) is 4.79 Å². The first-order valence-corrected chi connectivity index (χ1v) is 6.12. The molecule has 16 heavy (non-hydrogen) atoms. The molecule has 0 aromatic carbocycles. The van der Waals surface area contributed by atoms with Gasteiger partial charge in [0, 0.05) is 37.1 Å². The summed E-state index contributed by atoms with van der Waals surface area (Å²) in [5.41, 5.74) is 0.0806. The van der Waals surface area contributed by atoms with Gasteiger partial charge in [0.1, 0.15) is 0 Å². The molecule has 1 aromatic rings. The number of hydrogen-bond donors (Lipinski definition) is 1. The lowest BCUT2D eigenvalue weighted by Crippen LogP contribution is -2.25. The summed E-state index contributed by atoms with van der Waals surface area (Å²) < 4.78 is 2.07. The maximum Gasteiger partial charge on any atom is 0.181 e. The lowest BCUT2D eigenvalue weighted by atomic mass is 10.1. The van der Waals surface area contributed by atoms with Crippen LogP contribution in [0.1, 0.15) is 33.1 Å². The molecule has 0 aliphatic rings. The summed E-state index contributed by atoms with van der Waals surface area (Å²) in [5, 5.41) is 3.40. The minimum Gasteiger partial charge on any atom is -0.354 e. The molecule has 0 radical (unpaired) electrons. The quantitative estimate of drug-likeness (QED) is 0.716. The Hall–Kier alpha value is -1.09. The first-order valence-electron chi connectivity index (χ1n) is 6.12. The zero-order valence-electron chi connectivity index (χ0n) is 10.3. The highest BCUT2D eigenvalue weighted by molar-refractivity contribution is 4.93. The molecule has 1 N–H and O–H groups in total. The molecule has 0 spiro atoms. The van der Waals surface area contributed by atoms with Crippen LogP contribution < -0.4 is 10.7 Å². The smallest absolute Gasteiger partial charge is 0.181 e. The standard InChI is InChI=1S/C13H22N2O/c1-3-14-12(2)6-4-5-9-15-10-7-13(16)8-11-15/h7-8,10-12,14H,3-6,9H2,1-2H3. The molecule has 1 atom stereocenters. The molecule has 90 valence electrons. The third-order valence-corrected chi connectivity index (χ3v) is 2.72. The topological polar surface area (TPSA) is 34.0 Å². The normalized spacial score (nSPS) is 12.6. The first kappa shape index (κ1) is 13.0. The van der Waals surface area contributed by atoms with Crippen molar-refractivity contribution in [2.45, 2.75) is 45.7 Å². The van der Waals surface area contributed by atoms with E-state index in [0.29, 0.717) is 6.04 Å². The van der Waals surface area contributed by atoms with E-state index in [9.17, 15) is 4.79 Å². The zero-order chi connectivity index (χ0) is 11.8. The van der Waals surface area contributed by atoms with Gasteiger partial charge in [-0.05, 0) is 26.3 Å². The van der Waals surface area contributed by atoms with Gasteiger partial charge >= 0.3 is 0 Å². The van der Waals surface area contributed by atoms with Crippen LogP contribution in [-0.4, -0.2) is 17.2 Å². The van der Waals surface area contributed by atoms with Crippen LogP contribution >= 0.6 is 0 Å². The van der Waals surface area contributed by atoms with Gasteiger partial charge in [-0.2, -0.15) is 0 Å². The summed E-state index contributed by atoms with van der Waals surface area (Å²) in [4.78, 5) is 10.9. The Kier molecular flexibility index (Phi) is 5.86. The second-order valence-electron chi connectivity index (χ2n) is 4.23. The number of aromatic nitrogens is 1. The Labute approximate surface area is 97.5 Å². The van der Waals surface area contributed by atoms with Crippen molar-refractivity contribution in [3.05, 3.63) is 34.7 Å². The molecular formula is C13H22N2O. The summed E-state index contributed by atoms with van der Waals surface area (Å²) in [6.07, 6.45) is 7.32. The van der Waals surface area contributed by atoms with E-state index in [1.165, 1.54) is 19.3 Å². The average molecular weight is 222 g/mol. The Morgan fingerprint density at radius 2 is 2.00 bits per heavy atom. The predicted molar refractivity (Wildman–Crippen MR) is 67.7 cm³/mol. The van der Waals surface area contributed by atoms with Crippen LogP contribution in [-0.2, 0) is 6.54 Å². The van der Waals surface area contributed by atoms with Gasteiger partial charge < -0.3 is 9.88 Å². The maximum atomic E-state index is 10.9. The van der Waals surface area contributed by atoms with E-state index >= 15 is 0 Å². The van der Waals surface area contributed by atoms with E-state index in [0.717, 1.165) is 13.1 Å². The van der Waals surface area contributed by atoms with E-state index in [4.69, 9.17) is 0 Å². The van der Waals surface area contributed by atoms with E-state index in [1.807, 2.05) is 12.4 Å². The fraction of sp³-hybridized carbons (Fsp3) is 0.615. The Bertz CT molecular complexity index is 326. The third kappa shape index (κ3) is 5.12. The Morgan fingerprint density at radius 1 is 1.31 bits per heavy atom. The molecule has 0 saturated carbocycles. The van der Waals surface area contributed by atoms with Crippen LogP contribution in [0.25, 0.3) is 0 Å². The largest absolute Gasteiger partial charge is 0.354 e. The number of aryl methyl sites for hydroxylation is 1. The maximum absolute atomic E-state index is 10.9. The highest BCUT2D eigenvalue weighted by atomic mass is 16.1. The van der Waals surface area contributed by atoms with Gasteiger partial charge in [-0.1, -0.05) is 13.3 Å². The van der Waals surface area contributed by atoms with Crippen LogP contribution in [0.3, 0.4) is 0 Å². The fourth-order valence-electron chi connectivity index (χ4n) is 1.79. The van der Waals surface area contributed by atoms with Crippen molar-refractivity contribution in [1.82, 2.24) is 9.88 Å². The zero-order valence-corrected chi connectivity index (χ0v) is 10.3. The van der Waals surface area contributed by atoms with Crippen LogP contribution in [0.4, 0.5) is 0 Å². The molecule has 3 heteroatoms. The summed E-state index contributed by atoms with van der Waals surface area (Å²) in [6, 6.07) is 3.83. The molecule has 0 amide bonds. The van der Waals surface area contributed by atoms with Crippen molar-refractivity contribution in [3.63, 3.8) is 0 Å². The number of nitrogens with one attached hydrogen (secondary N) is 1. The number of rotatable bonds is 7. The van der Waals surface area contributed by atoms with Gasteiger partial charge in [0.15, 0.2) is 5.43 Å². The van der Waals surface area contributed by atoms with Crippen molar-refractivity contribution >= 4 is 0 Å². The lowest BCUT2D eigenvalue weighted by molar-refractivity contribution is 0.485. The minimum absolute atomic E-state index is 0.0806. The van der Waals surface area contributed by atoms with Crippen LogP contribution in [0, 0.1) is 0 Å². The SMILES string of the molecule is CCNC(C)CCCCn1ccc(=O)cc1. The number of unbranched alkanes of at least 4 members (excludes halogenated alkanes) is 1. The molecule has 1 unspecified atom stereocenters. The predicted octanol–water partition coefficient (Wildman–Crippen LogP) is 2.02. The summed E-state index contributed by atoms with van der Waals surface area (Å²) in [6.45, 7) is 6.40. The van der Waals surface area contributed by atoms with Crippen molar-refractivity contribution < 1.29 is 0 Å². The lowest BCUT2D eigenvalue weighted by Gasteiger charge is -2.12. The molecule has 0 aliphatic carbocycles. The molecule has 0 saturated heterocycles. The van der Waals surface area contributed by atoms with Crippen molar-refractivity contribution in [3.8, 4) is 0 Å². The van der Waals surface area contributed by atoms with Gasteiger partial charge in [-0.15, -0.1) is 0 Å². The third-order valence-electron chi connectivity index (χ3n) is 2.72. The van der Waals surface area contributed by atoms with Gasteiger partial charge in [0.05, 0.1) is 0 Å². The Balaban J connectivity index is 2.16. The Morgan fingerprint density at radius 3 is 2.62 bits per heavy atom. The number of nitrogens with zero attached hydrogens (tertiary/aromatic N) is 1. The molecule has 0 bridgehead atoms. The number of hydrogen-bond acceptors (Lipinski definition) is 2. The van der Waals surface area contributed by atoms with Gasteiger partial charge in [0.2, 0.25) is 0 Å². The molecule has 1 heterocycles. The van der Waals surface area contributed by atoms with E-state index < -0.39 is 0 Å². The average Bonchev–Trinajstić information content (AvgIpc) is 2.27.